The van der Waals surface area contributed by atoms with E-state index < -0.39 is 30.2 Å². The molecule has 3 aliphatic rings. The lowest BCUT2D eigenvalue weighted by atomic mass is 10.1. The van der Waals surface area contributed by atoms with Crippen molar-refractivity contribution in [3.05, 3.63) is 69.4 Å². The van der Waals surface area contributed by atoms with Crippen LogP contribution in [-0.2, 0) is 4.79 Å². The van der Waals surface area contributed by atoms with Crippen LogP contribution in [0.15, 0.2) is 42.0 Å². The van der Waals surface area contributed by atoms with E-state index in [1.165, 1.54) is 29.8 Å². The number of hydrogen-bond donors (Lipinski definition) is 2. The molecule has 5 heterocycles. The van der Waals surface area contributed by atoms with Crippen molar-refractivity contribution in [1.29, 1.82) is 0 Å². The van der Waals surface area contributed by atoms with Crippen molar-refractivity contribution < 1.29 is 24.0 Å². The van der Waals surface area contributed by atoms with Crippen LogP contribution in [-0.4, -0.2) is 62.0 Å². The molecule has 11 nitrogen and oxygen atoms in total. The third kappa shape index (κ3) is 3.17. The van der Waals surface area contributed by atoms with Crippen molar-refractivity contribution >= 4 is 40.9 Å². The van der Waals surface area contributed by atoms with Gasteiger partial charge in [-0.05, 0) is 36.4 Å². The SMILES string of the molecule is O=C(CN1C(=O)c2ccccc2C1=O)NNC(=O)c1ncn2c1[C@@H]1CCCN1C(=O)c1sccc1-2. The van der Waals surface area contributed by atoms with Crippen molar-refractivity contribution in [3.63, 3.8) is 0 Å². The maximum Gasteiger partial charge on any atom is 0.290 e. The number of imidazole rings is 1. The molecule has 0 bridgehead atoms. The second kappa shape index (κ2) is 7.87. The number of thiophene rings is 1. The van der Waals surface area contributed by atoms with Gasteiger partial charge in [-0.25, -0.2) is 4.98 Å². The summed E-state index contributed by atoms with van der Waals surface area (Å²) in [6, 6.07) is 7.83. The fourth-order valence-corrected chi connectivity index (χ4v) is 5.71. The molecule has 3 aliphatic heterocycles. The molecule has 1 atom stereocenters. The number of nitrogens with one attached hydrogen (secondary N) is 2. The second-order valence-electron chi connectivity index (χ2n) is 8.38. The van der Waals surface area contributed by atoms with E-state index >= 15 is 0 Å². The van der Waals surface area contributed by atoms with Gasteiger partial charge in [-0.1, -0.05) is 12.1 Å². The number of aromatic nitrogens is 2. The third-order valence-electron chi connectivity index (χ3n) is 6.44. The van der Waals surface area contributed by atoms with Crippen LogP contribution in [0.2, 0.25) is 0 Å². The molecule has 6 rings (SSSR count). The molecule has 1 saturated heterocycles. The molecule has 2 N–H and O–H groups in total. The Kier molecular flexibility index (Phi) is 4.78. The van der Waals surface area contributed by atoms with Crippen LogP contribution in [0.5, 0.6) is 0 Å². The largest absolute Gasteiger partial charge is 0.329 e. The Morgan fingerprint density at radius 3 is 2.51 bits per heavy atom. The summed E-state index contributed by atoms with van der Waals surface area (Å²) in [5.41, 5.74) is 6.40. The highest BCUT2D eigenvalue weighted by Crippen LogP contribution is 2.41. The van der Waals surface area contributed by atoms with Crippen molar-refractivity contribution in [1.82, 2.24) is 30.2 Å². The van der Waals surface area contributed by atoms with Gasteiger partial charge in [0.05, 0.1) is 28.6 Å². The molecule has 0 unspecified atom stereocenters. The molecule has 176 valence electrons. The molecule has 1 aromatic carbocycles. The number of benzene rings is 1. The van der Waals surface area contributed by atoms with Crippen LogP contribution >= 0.6 is 11.3 Å². The summed E-state index contributed by atoms with van der Waals surface area (Å²) in [4.78, 5) is 70.9. The highest BCUT2D eigenvalue weighted by atomic mass is 32.1. The smallest absolute Gasteiger partial charge is 0.290 e. The molecule has 2 aromatic heterocycles. The Labute approximate surface area is 202 Å². The molecular weight excluding hydrogens is 472 g/mol. The molecule has 0 aliphatic carbocycles. The van der Waals surface area contributed by atoms with Crippen LogP contribution in [0.4, 0.5) is 0 Å². The Balaban J connectivity index is 1.19. The van der Waals surface area contributed by atoms with Gasteiger partial charge >= 0.3 is 0 Å². The van der Waals surface area contributed by atoms with E-state index in [1.54, 1.807) is 21.6 Å². The molecule has 3 aromatic rings. The molecule has 12 heteroatoms. The zero-order valence-corrected chi connectivity index (χ0v) is 19.0. The fourth-order valence-electron chi connectivity index (χ4n) is 4.87. The standard InChI is InChI=1S/C23H18N6O5S/c30-16(10-28-21(32)12-4-1-2-5-13(12)22(28)33)25-26-20(31)17-18-14-6-3-8-27(14)23(34)19-15(7-9-35-19)29(18)11-24-17/h1-2,4-5,7,9,11,14H,3,6,8,10H2,(H,25,30)(H,26,31)/t14-/m0/s1. The van der Waals surface area contributed by atoms with Crippen LogP contribution in [0, 0.1) is 0 Å². The topological polar surface area (TPSA) is 134 Å². The first-order valence-electron chi connectivity index (χ1n) is 11.0. The number of nitrogens with zero attached hydrogens (tertiary/aromatic N) is 4. The van der Waals surface area contributed by atoms with Gasteiger partial charge in [0.2, 0.25) is 0 Å². The van der Waals surface area contributed by atoms with Gasteiger partial charge in [-0.3, -0.25) is 44.3 Å². The predicted molar refractivity (Wildman–Crippen MR) is 122 cm³/mol. The lowest BCUT2D eigenvalue weighted by Gasteiger charge is -2.22. The maximum atomic E-state index is 13.0. The number of amides is 5. The molecule has 0 saturated carbocycles. The predicted octanol–water partition coefficient (Wildman–Crippen LogP) is 1.28. The van der Waals surface area contributed by atoms with Crippen molar-refractivity contribution in [2.45, 2.75) is 18.9 Å². The quantitative estimate of drug-likeness (QED) is 0.420. The number of rotatable bonds is 3. The van der Waals surface area contributed by atoms with Crippen molar-refractivity contribution in [2.24, 2.45) is 0 Å². The van der Waals surface area contributed by atoms with Gasteiger partial charge in [0.15, 0.2) is 5.69 Å². The van der Waals surface area contributed by atoms with Crippen molar-refractivity contribution in [3.8, 4) is 5.69 Å². The molecule has 1 fully saturated rings. The highest BCUT2D eigenvalue weighted by molar-refractivity contribution is 7.12. The van der Waals surface area contributed by atoms with Gasteiger partial charge in [0, 0.05) is 6.54 Å². The lowest BCUT2D eigenvalue weighted by molar-refractivity contribution is -0.122. The van der Waals surface area contributed by atoms with Crippen LogP contribution in [0.3, 0.4) is 0 Å². The number of hydrogen-bond acceptors (Lipinski definition) is 7. The molecular formula is C23H18N6O5S. The summed E-state index contributed by atoms with van der Waals surface area (Å²) in [6.07, 6.45) is 3.00. The fraction of sp³-hybridized carbons (Fsp3) is 0.217. The summed E-state index contributed by atoms with van der Waals surface area (Å²) in [7, 11) is 0. The second-order valence-corrected chi connectivity index (χ2v) is 9.30. The van der Waals surface area contributed by atoms with E-state index in [9.17, 15) is 24.0 Å². The summed E-state index contributed by atoms with van der Waals surface area (Å²) in [6.45, 7) is 0.0428. The summed E-state index contributed by atoms with van der Waals surface area (Å²) >= 11 is 1.34. The van der Waals surface area contributed by atoms with E-state index in [4.69, 9.17) is 0 Å². The van der Waals surface area contributed by atoms with E-state index in [2.05, 4.69) is 15.8 Å². The van der Waals surface area contributed by atoms with E-state index in [0.29, 0.717) is 29.2 Å². The highest BCUT2D eigenvalue weighted by Gasteiger charge is 2.41. The number of carbonyl (C=O) groups excluding carboxylic acids is 5. The molecule has 35 heavy (non-hydrogen) atoms. The number of imide groups is 1. The van der Waals surface area contributed by atoms with Crippen LogP contribution in [0.25, 0.3) is 5.69 Å². The first kappa shape index (κ1) is 21.2. The minimum atomic E-state index is -0.740. The van der Waals surface area contributed by atoms with E-state index in [1.807, 2.05) is 11.4 Å². The van der Waals surface area contributed by atoms with Gasteiger partial charge in [-0.2, -0.15) is 0 Å². The lowest BCUT2D eigenvalue weighted by Crippen LogP contribution is -2.48. The van der Waals surface area contributed by atoms with Crippen LogP contribution < -0.4 is 10.9 Å². The average molecular weight is 491 g/mol. The van der Waals surface area contributed by atoms with Crippen LogP contribution in [0.1, 0.15) is 65.5 Å². The maximum absolute atomic E-state index is 13.0. The van der Waals surface area contributed by atoms with Crippen molar-refractivity contribution in [2.75, 3.05) is 13.1 Å². The summed E-state index contributed by atoms with van der Waals surface area (Å²) in [5.74, 6) is -2.60. The van der Waals surface area contributed by atoms with Gasteiger partial charge in [0.1, 0.15) is 17.7 Å². The summed E-state index contributed by atoms with van der Waals surface area (Å²) in [5, 5.41) is 1.82. The van der Waals surface area contributed by atoms with Gasteiger partial charge in [-0.15, -0.1) is 11.3 Å². The third-order valence-corrected chi connectivity index (χ3v) is 7.33. The average Bonchev–Trinajstić information content (AvgIpc) is 3.64. The molecule has 0 radical (unpaired) electrons. The minimum Gasteiger partial charge on any atom is -0.329 e. The Bertz CT molecular complexity index is 1410. The Morgan fingerprint density at radius 1 is 1.03 bits per heavy atom. The zero-order chi connectivity index (χ0) is 24.3. The number of fused-ring (bicyclic) bond motifs is 6. The number of hydrazine groups is 1. The summed E-state index contributed by atoms with van der Waals surface area (Å²) < 4.78 is 1.76. The van der Waals surface area contributed by atoms with E-state index in [-0.39, 0.29) is 28.8 Å². The van der Waals surface area contributed by atoms with Gasteiger partial charge < -0.3 is 4.90 Å². The normalized spacial score (nSPS) is 18.1. The monoisotopic (exact) mass is 490 g/mol. The van der Waals surface area contributed by atoms with E-state index in [0.717, 1.165) is 11.3 Å². The Morgan fingerprint density at radius 2 is 1.77 bits per heavy atom. The zero-order valence-electron chi connectivity index (χ0n) is 18.2. The minimum absolute atomic E-state index is 0.0678. The molecule has 5 amide bonds. The molecule has 0 spiro atoms. The number of carbonyl (C=O) groups is 5. The first-order chi connectivity index (χ1) is 17.0. The Hall–Kier alpha value is -4.32. The van der Waals surface area contributed by atoms with Gasteiger partial charge in [0.25, 0.3) is 29.5 Å². The first-order valence-corrected chi connectivity index (χ1v) is 11.8.